The summed E-state index contributed by atoms with van der Waals surface area (Å²) in [6.45, 7) is 1.61. The molecule has 9 heteroatoms. The van der Waals surface area contributed by atoms with Crippen molar-refractivity contribution in [3.05, 3.63) is 11.9 Å². The predicted molar refractivity (Wildman–Crippen MR) is 62.2 cm³/mol. The van der Waals surface area contributed by atoms with Gasteiger partial charge >= 0.3 is 12.1 Å². The van der Waals surface area contributed by atoms with E-state index in [1.807, 2.05) is 0 Å². The number of hydrogen-bond acceptors (Lipinski definition) is 4. The lowest BCUT2D eigenvalue weighted by atomic mass is 10.1. The van der Waals surface area contributed by atoms with Gasteiger partial charge in [0.1, 0.15) is 12.1 Å². The number of alkyl halides is 5. The highest BCUT2D eigenvalue weighted by molar-refractivity contribution is 5.50. The molecule has 0 atom stereocenters. The van der Waals surface area contributed by atoms with Crippen LogP contribution in [-0.2, 0) is 0 Å². The summed E-state index contributed by atoms with van der Waals surface area (Å²) in [6, 6.07) is 0. The van der Waals surface area contributed by atoms with Crippen LogP contribution >= 0.6 is 0 Å². The van der Waals surface area contributed by atoms with E-state index in [4.69, 9.17) is 0 Å². The number of aromatic nitrogens is 2. The van der Waals surface area contributed by atoms with E-state index in [9.17, 15) is 22.0 Å². The normalized spacial score (nSPS) is 12.7. The molecule has 0 radical (unpaired) electrons. The molecule has 1 N–H and O–H groups in total. The third-order valence-corrected chi connectivity index (χ3v) is 2.47. The Labute approximate surface area is 112 Å². The first-order chi connectivity index (χ1) is 9.10. The molecule has 0 aromatic carbocycles. The van der Waals surface area contributed by atoms with Crippen LogP contribution in [0.4, 0.5) is 27.8 Å². The zero-order valence-electron chi connectivity index (χ0n) is 11.1. The van der Waals surface area contributed by atoms with Crippen molar-refractivity contribution in [2.45, 2.75) is 31.9 Å². The molecule has 20 heavy (non-hydrogen) atoms. The molecular weight excluding hydrogens is 285 g/mol. The van der Waals surface area contributed by atoms with Gasteiger partial charge in [0.25, 0.3) is 0 Å². The number of nitrogens with one attached hydrogen (secondary N) is 1. The highest BCUT2D eigenvalue weighted by Gasteiger charge is 2.58. The molecule has 0 aliphatic rings. The number of ether oxygens (including phenoxy) is 1. The average Bonchev–Trinajstić information content (AvgIpc) is 2.34. The molecule has 0 spiro atoms. The number of halogens is 5. The van der Waals surface area contributed by atoms with E-state index < -0.39 is 18.7 Å². The lowest BCUT2D eigenvalue weighted by molar-refractivity contribution is -0.290. The van der Waals surface area contributed by atoms with E-state index in [2.05, 4.69) is 20.0 Å². The van der Waals surface area contributed by atoms with Gasteiger partial charge in [-0.25, -0.2) is 9.97 Å². The lowest BCUT2D eigenvalue weighted by Gasteiger charge is -2.21. The maximum Gasteiger partial charge on any atom is 0.456 e. The van der Waals surface area contributed by atoms with Gasteiger partial charge in [0, 0.05) is 7.05 Å². The van der Waals surface area contributed by atoms with Crippen molar-refractivity contribution in [1.82, 2.24) is 9.97 Å². The van der Waals surface area contributed by atoms with Crippen molar-refractivity contribution in [1.29, 1.82) is 0 Å². The molecular formula is C11H14F5N3O. The second-order valence-corrected chi connectivity index (χ2v) is 4.34. The number of rotatable bonds is 5. The van der Waals surface area contributed by atoms with Gasteiger partial charge < -0.3 is 10.1 Å². The van der Waals surface area contributed by atoms with Crippen molar-refractivity contribution < 1.29 is 26.7 Å². The maximum atomic E-state index is 12.8. The van der Waals surface area contributed by atoms with Gasteiger partial charge in [0.05, 0.1) is 5.56 Å². The van der Waals surface area contributed by atoms with Gasteiger partial charge in [-0.3, -0.25) is 0 Å². The molecule has 0 unspecified atom stereocenters. The minimum atomic E-state index is -5.66. The quantitative estimate of drug-likeness (QED) is 0.848. The molecule has 0 fully saturated rings. The molecule has 1 heterocycles. The van der Waals surface area contributed by atoms with E-state index in [-0.39, 0.29) is 11.8 Å². The molecule has 0 bridgehead atoms. The van der Waals surface area contributed by atoms with Crippen LogP contribution in [0.25, 0.3) is 0 Å². The molecule has 0 saturated heterocycles. The van der Waals surface area contributed by atoms with Crippen LogP contribution in [-0.4, -0.2) is 35.7 Å². The third-order valence-electron chi connectivity index (χ3n) is 2.47. The summed E-state index contributed by atoms with van der Waals surface area (Å²) in [5.41, 5.74) is 0.341. The van der Waals surface area contributed by atoms with Gasteiger partial charge in [-0.2, -0.15) is 22.0 Å². The van der Waals surface area contributed by atoms with Crippen LogP contribution < -0.4 is 10.1 Å². The highest BCUT2D eigenvalue weighted by atomic mass is 19.4. The van der Waals surface area contributed by atoms with Gasteiger partial charge in [0.2, 0.25) is 5.88 Å². The number of nitrogens with zero attached hydrogens (tertiary/aromatic N) is 2. The van der Waals surface area contributed by atoms with Crippen molar-refractivity contribution in [3.63, 3.8) is 0 Å². The summed E-state index contributed by atoms with van der Waals surface area (Å²) in [4.78, 5) is 7.48. The topological polar surface area (TPSA) is 47.0 Å². The fourth-order valence-electron chi connectivity index (χ4n) is 1.45. The predicted octanol–water partition coefficient (Wildman–Crippen LogP) is 3.22. The SMILES string of the molecule is CNc1ncnc(OCC(F)(F)C(F)(F)F)c1C(C)C. The fraction of sp³-hybridized carbons (Fsp3) is 0.636. The third kappa shape index (κ3) is 3.45. The van der Waals surface area contributed by atoms with Crippen LogP contribution in [0.2, 0.25) is 0 Å². The van der Waals surface area contributed by atoms with Crippen LogP contribution in [0, 0.1) is 0 Å². The Hall–Kier alpha value is -1.67. The summed E-state index contributed by atoms with van der Waals surface area (Å²) >= 11 is 0. The van der Waals surface area contributed by atoms with E-state index >= 15 is 0 Å². The van der Waals surface area contributed by atoms with Gasteiger partial charge in [-0.15, -0.1) is 0 Å². The van der Waals surface area contributed by atoms with E-state index in [1.165, 1.54) is 0 Å². The maximum absolute atomic E-state index is 12.8. The minimum Gasteiger partial charge on any atom is -0.471 e. The standard InChI is InChI=1S/C11H14F5N3O/c1-6(2)7-8(17-3)18-5-19-9(7)20-4-10(12,13)11(14,15)16/h5-6H,4H2,1-3H3,(H,17,18,19). The zero-order valence-corrected chi connectivity index (χ0v) is 11.1. The zero-order chi connectivity index (χ0) is 15.6. The summed E-state index contributed by atoms with van der Waals surface area (Å²) < 4.78 is 66.4. The second kappa shape index (κ2) is 5.76. The molecule has 0 aliphatic heterocycles. The highest BCUT2D eigenvalue weighted by Crippen LogP contribution is 2.37. The molecule has 1 aromatic rings. The summed E-state index contributed by atoms with van der Waals surface area (Å²) in [5.74, 6) is -5.12. The van der Waals surface area contributed by atoms with Crippen LogP contribution in [0.5, 0.6) is 5.88 Å². The number of anilines is 1. The van der Waals surface area contributed by atoms with E-state index in [0.717, 1.165) is 6.33 Å². The molecule has 0 saturated carbocycles. The largest absolute Gasteiger partial charge is 0.471 e. The summed E-state index contributed by atoms with van der Waals surface area (Å²) in [6.07, 6.45) is -4.64. The smallest absolute Gasteiger partial charge is 0.456 e. The summed E-state index contributed by atoms with van der Waals surface area (Å²) in [5, 5.41) is 2.70. The second-order valence-electron chi connectivity index (χ2n) is 4.34. The van der Waals surface area contributed by atoms with Gasteiger partial charge in [-0.05, 0) is 5.92 Å². The Morgan fingerprint density at radius 3 is 2.25 bits per heavy atom. The number of hydrogen-bond donors (Lipinski definition) is 1. The van der Waals surface area contributed by atoms with Gasteiger partial charge in [-0.1, -0.05) is 13.8 Å². The van der Waals surface area contributed by atoms with Crippen molar-refractivity contribution in [2.75, 3.05) is 19.0 Å². The Morgan fingerprint density at radius 2 is 1.80 bits per heavy atom. The van der Waals surface area contributed by atoms with Gasteiger partial charge in [0.15, 0.2) is 6.61 Å². The Kier molecular flexibility index (Phi) is 4.72. The molecule has 0 amide bonds. The molecule has 0 aliphatic carbocycles. The Balaban J connectivity index is 2.99. The van der Waals surface area contributed by atoms with E-state index in [0.29, 0.717) is 11.4 Å². The average molecular weight is 299 g/mol. The lowest BCUT2D eigenvalue weighted by Crippen LogP contribution is -2.42. The first kappa shape index (κ1) is 16.4. The van der Waals surface area contributed by atoms with Crippen molar-refractivity contribution in [2.24, 2.45) is 0 Å². The molecule has 1 rings (SSSR count). The molecule has 4 nitrogen and oxygen atoms in total. The van der Waals surface area contributed by atoms with Crippen molar-refractivity contribution >= 4 is 5.82 Å². The Morgan fingerprint density at radius 1 is 1.20 bits per heavy atom. The first-order valence-electron chi connectivity index (χ1n) is 5.70. The Bertz CT molecular complexity index is 462. The molecule has 114 valence electrons. The summed E-state index contributed by atoms with van der Waals surface area (Å²) in [7, 11) is 1.54. The fourth-order valence-corrected chi connectivity index (χ4v) is 1.45. The minimum absolute atomic E-state index is 0.215. The monoisotopic (exact) mass is 299 g/mol. The van der Waals surface area contributed by atoms with Crippen LogP contribution in [0.15, 0.2) is 6.33 Å². The van der Waals surface area contributed by atoms with Crippen LogP contribution in [0.1, 0.15) is 25.3 Å². The van der Waals surface area contributed by atoms with Crippen LogP contribution in [0.3, 0.4) is 0 Å². The first-order valence-corrected chi connectivity index (χ1v) is 5.70. The molecule has 1 aromatic heterocycles. The van der Waals surface area contributed by atoms with Crippen molar-refractivity contribution in [3.8, 4) is 5.88 Å². The van der Waals surface area contributed by atoms with E-state index in [1.54, 1.807) is 20.9 Å².